The van der Waals surface area contributed by atoms with E-state index in [1.54, 1.807) is 19.2 Å². The number of ether oxygens (including phenoxy) is 1. The average Bonchev–Trinajstić information content (AvgIpc) is 2.30. The standard InChI is InChI=1S/C14H16N2O2/c1-8-7-11(17)5-6-12(8)13-9(2)15-14(18-4)16-10(13)3/h5-7,17H,1-4H3. The molecule has 4 heteroatoms. The van der Waals surface area contributed by atoms with Crippen LogP contribution in [0.15, 0.2) is 18.2 Å². The molecule has 0 saturated heterocycles. The Morgan fingerprint density at radius 3 is 2.17 bits per heavy atom. The van der Waals surface area contributed by atoms with Crippen LogP contribution in [-0.4, -0.2) is 22.2 Å². The van der Waals surface area contributed by atoms with Crippen LogP contribution in [0.4, 0.5) is 0 Å². The van der Waals surface area contributed by atoms with Crippen LogP contribution in [0.5, 0.6) is 11.8 Å². The van der Waals surface area contributed by atoms with Crippen LogP contribution in [0.25, 0.3) is 11.1 Å². The first-order valence-corrected chi connectivity index (χ1v) is 5.72. The first-order chi connectivity index (χ1) is 8.52. The van der Waals surface area contributed by atoms with Gasteiger partial charge in [-0.2, -0.15) is 9.97 Å². The highest BCUT2D eigenvalue weighted by molar-refractivity contribution is 5.72. The second kappa shape index (κ2) is 4.64. The van der Waals surface area contributed by atoms with Gasteiger partial charge in [0.1, 0.15) is 5.75 Å². The van der Waals surface area contributed by atoms with E-state index in [4.69, 9.17) is 4.74 Å². The Hall–Kier alpha value is -2.10. The van der Waals surface area contributed by atoms with Gasteiger partial charge in [-0.05, 0) is 44.0 Å². The number of aromatic nitrogens is 2. The van der Waals surface area contributed by atoms with Crippen molar-refractivity contribution in [2.24, 2.45) is 0 Å². The Morgan fingerprint density at radius 1 is 1.06 bits per heavy atom. The number of phenolic OH excluding ortho intramolecular Hbond substituents is 1. The Bertz CT molecular complexity index is 571. The molecule has 18 heavy (non-hydrogen) atoms. The van der Waals surface area contributed by atoms with Gasteiger partial charge in [0.25, 0.3) is 0 Å². The number of hydrogen-bond acceptors (Lipinski definition) is 4. The Balaban J connectivity index is 2.64. The zero-order valence-corrected chi connectivity index (χ0v) is 11.0. The van der Waals surface area contributed by atoms with E-state index in [2.05, 4.69) is 9.97 Å². The molecule has 94 valence electrons. The molecule has 0 spiro atoms. The molecule has 1 heterocycles. The molecule has 4 nitrogen and oxygen atoms in total. The fourth-order valence-electron chi connectivity index (χ4n) is 2.09. The van der Waals surface area contributed by atoms with E-state index < -0.39 is 0 Å². The number of rotatable bonds is 2. The first-order valence-electron chi connectivity index (χ1n) is 5.72. The van der Waals surface area contributed by atoms with E-state index in [1.807, 2.05) is 26.8 Å². The molecular weight excluding hydrogens is 228 g/mol. The van der Waals surface area contributed by atoms with Gasteiger partial charge in [0.15, 0.2) is 0 Å². The summed E-state index contributed by atoms with van der Waals surface area (Å²) in [6.45, 7) is 5.82. The molecule has 0 aliphatic carbocycles. The zero-order chi connectivity index (χ0) is 13.3. The van der Waals surface area contributed by atoms with Gasteiger partial charge in [0.05, 0.1) is 18.5 Å². The van der Waals surface area contributed by atoms with E-state index in [0.29, 0.717) is 6.01 Å². The van der Waals surface area contributed by atoms with Crippen molar-refractivity contribution in [3.05, 3.63) is 35.2 Å². The Kier molecular flexibility index (Phi) is 3.19. The van der Waals surface area contributed by atoms with Crippen molar-refractivity contribution in [3.63, 3.8) is 0 Å². The molecule has 1 aromatic heterocycles. The summed E-state index contributed by atoms with van der Waals surface area (Å²) in [5.41, 5.74) is 4.76. The van der Waals surface area contributed by atoms with Crippen molar-refractivity contribution in [3.8, 4) is 22.9 Å². The molecule has 0 atom stereocenters. The van der Waals surface area contributed by atoms with E-state index in [0.717, 1.165) is 28.1 Å². The van der Waals surface area contributed by atoms with Crippen LogP contribution >= 0.6 is 0 Å². The number of aryl methyl sites for hydroxylation is 3. The molecular formula is C14H16N2O2. The maximum Gasteiger partial charge on any atom is 0.316 e. The number of hydrogen-bond donors (Lipinski definition) is 1. The normalized spacial score (nSPS) is 10.4. The quantitative estimate of drug-likeness (QED) is 0.882. The molecule has 0 fully saturated rings. The second-order valence-electron chi connectivity index (χ2n) is 4.26. The molecule has 0 saturated carbocycles. The zero-order valence-electron chi connectivity index (χ0n) is 11.0. The minimum absolute atomic E-state index is 0.265. The summed E-state index contributed by atoms with van der Waals surface area (Å²) in [6, 6.07) is 5.67. The second-order valence-corrected chi connectivity index (χ2v) is 4.26. The van der Waals surface area contributed by atoms with Gasteiger partial charge in [-0.1, -0.05) is 6.07 Å². The van der Waals surface area contributed by atoms with Gasteiger partial charge in [-0.15, -0.1) is 0 Å². The monoisotopic (exact) mass is 244 g/mol. The number of phenols is 1. The third-order valence-corrected chi connectivity index (χ3v) is 2.91. The highest BCUT2D eigenvalue weighted by atomic mass is 16.5. The van der Waals surface area contributed by atoms with Crippen LogP contribution in [0.3, 0.4) is 0 Å². The van der Waals surface area contributed by atoms with Crippen molar-refractivity contribution in [2.45, 2.75) is 20.8 Å². The summed E-state index contributed by atoms with van der Waals surface area (Å²) in [6.07, 6.45) is 0. The van der Waals surface area contributed by atoms with Crippen molar-refractivity contribution in [1.29, 1.82) is 0 Å². The molecule has 0 aliphatic rings. The Labute approximate surface area is 106 Å². The molecule has 1 aromatic carbocycles. The summed E-state index contributed by atoms with van der Waals surface area (Å²) in [7, 11) is 1.56. The van der Waals surface area contributed by atoms with E-state index >= 15 is 0 Å². The lowest BCUT2D eigenvalue weighted by atomic mass is 9.98. The van der Waals surface area contributed by atoms with Gasteiger partial charge < -0.3 is 9.84 Å². The van der Waals surface area contributed by atoms with Crippen molar-refractivity contribution >= 4 is 0 Å². The van der Waals surface area contributed by atoms with Crippen LogP contribution in [-0.2, 0) is 0 Å². The minimum atomic E-state index is 0.265. The SMILES string of the molecule is COc1nc(C)c(-c2ccc(O)cc2C)c(C)n1. The average molecular weight is 244 g/mol. The van der Waals surface area contributed by atoms with Crippen molar-refractivity contribution in [1.82, 2.24) is 9.97 Å². The fraction of sp³-hybridized carbons (Fsp3) is 0.286. The summed E-state index contributed by atoms with van der Waals surface area (Å²) in [4.78, 5) is 8.59. The van der Waals surface area contributed by atoms with Crippen LogP contribution in [0, 0.1) is 20.8 Å². The maximum absolute atomic E-state index is 9.45. The molecule has 0 aliphatic heterocycles. The van der Waals surface area contributed by atoms with Crippen molar-refractivity contribution in [2.75, 3.05) is 7.11 Å². The fourth-order valence-corrected chi connectivity index (χ4v) is 2.09. The van der Waals surface area contributed by atoms with Crippen LogP contribution < -0.4 is 4.74 Å². The molecule has 0 bridgehead atoms. The van der Waals surface area contributed by atoms with E-state index in [9.17, 15) is 5.11 Å². The summed E-state index contributed by atoms with van der Waals surface area (Å²) >= 11 is 0. The topological polar surface area (TPSA) is 55.2 Å². The summed E-state index contributed by atoms with van der Waals surface area (Å²) in [5, 5.41) is 9.45. The van der Waals surface area contributed by atoms with Gasteiger partial charge >= 0.3 is 6.01 Å². The first kappa shape index (κ1) is 12.4. The highest BCUT2D eigenvalue weighted by Gasteiger charge is 2.13. The lowest BCUT2D eigenvalue weighted by Crippen LogP contribution is -2.00. The molecule has 2 aromatic rings. The number of nitrogens with zero attached hydrogens (tertiary/aromatic N) is 2. The molecule has 0 unspecified atom stereocenters. The lowest BCUT2D eigenvalue weighted by molar-refractivity contribution is 0.378. The smallest absolute Gasteiger partial charge is 0.316 e. The third kappa shape index (κ3) is 2.14. The molecule has 0 amide bonds. The summed E-state index contributed by atoms with van der Waals surface area (Å²) < 4.78 is 5.05. The van der Waals surface area contributed by atoms with Gasteiger partial charge in [-0.3, -0.25) is 0 Å². The third-order valence-electron chi connectivity index (χ3n) is 2.91. The predicted octanol–water partition coefficient (Wildman–Crippen LogP) is 2.78. The largest absolute Gasteiger partial charge is 0.508 e. The lowest BCUT2D eigenvalue weighted by Gasteiger charge is -2.12. The number of aromatic hydroxyl groups is 1. The maximum atomic E-state index is 9.45. The Morgan fingerprint density at radius 2 is 1.67 bits per heavy atom. The van der Waals surface area contributed by atoms with E-state index in [-0.39, 0.29) is 5.75 Å². The van der Waals surface area contributed by atoms with Crippen molar-refractivity contribution < 1.29 is 9.84 Å². The predicted molar refractivity (Wildman–Crippen MR) is 69.9 cm³/mol. The van der Waals surface area contributed by atoms with Gasteiger partial charge in [0.2, 0.25) is 0 Å². The number of benzene rings is 1. The number of methoxy groups -OCH3 is 1. The van der Waals surface area contributed by atoms with E-state index in [1.165, 1.54) is 0 Å². The van der Waals surface area contributed by atoms with Gasteiger partial charge in [-0.25, -0.2) is 0 Å². The highest BCUT2D eigenvalue weighted by Crippen LogP contribution is 2.30. The van der Waals surface area contributed by atoms with Gasteiger partial charge in [0, 0.05) is 5.56 Å². The van der Waals surface area contributed by atoms with Crippen LogP contribution in [0.1, 0.15) is 17.0 Å². The molecule has 1 N–H and O–H groups in total. The van der Waals surface area contributed by atoms with Crippen LogP contribution in [0.2, 0.25) is 0 Å². The summed E-state index contributed by atoms with van der Waals surface area (Å²) in [5.74, 6) is 0.265. The minimum Gasteiger partial charge on any atom is -0.508 e. The molecule has 2 rings (SSSR count). The molecule has 0 radical (unpaired) electrons.